The van der Waals surface area contributed by atoms with Crippen LogP contribution in [0.15, 0.2) is 36.4 Å². The van der Waals surface area contributed by atoms with Crippen molar-refractivity contribution in [3.63, 3.8) is 0 Å². The van der Waals surface area contributed by atoms with Gasteiger partial charge in [-0.1, -0.05) is 23.7 Å². The van der Waals surface area contributed by atoms with Crippen molar-refractivity contribution in [2.24, 2.45) is 0 Å². The van der Waals surface area contributed by atoms with E-state index in [1.165, 1.54) is 37.3 Å². The monoisotopic (exact) mass is 366 g/mol. The molecule has 0 aliphatic carbocycles. The van der Waals surface area contributed by atoms with Crippen LogP contribution in [0.1, 0.15) is 34.5 Å². The zero-order chi connectivity index (χ0) is 18.7. The molecule has 0 aromatic heterocycles. The molecule has 0 bridgehead atoms. The molecule has 0 aliphatic rings. The summed E-state index contributed by atoms with van der Waals surface area (Å²) in [7, 11) is 0. The van der Waals surface area contributed by atoms with Gasteiger partial charge in [0.15, 0.2) is 0 Å². The number of amides is 1. The minimum Gasteiger partial charge on any atom is -0.386 e. The molecule has 0 spiro atoms. The number of aliphatic hydroxyl groups excluding tert-OH is 1. The molecule has 2 N–H and O–H groups in total. The number of nitro groups is 1. The molecule has 25 heavy (non-hydrogen) atoms. The molecule has 132 valence electrons. The van der Waals surface area contributed by atoms with E-state index in [4.69, 9.17) is 11.6 Å². The number of benzene rings is 2. The molecule has 2 atom stereocenters. The Kier molecular flexibility index (Phi) is 5.71. The van der Waals surface area contributed by atoms with Gasteiger partial charge in [-0.3, -0.25) is 14.9 Å². The predicted molar refractivity (Wildman–Crippen MR) is 91.1 cm³/mol. The normalized spacial score (nSPS) is 13.2. The van der Waals surface area contributed by atoms with Gasteiger partial charge in [-0.15, -0.1) is 0 Å². The Morgan fingerprint density at radius 2 is 1.92 bits per heavy atom. The minimum absolute atomic E-state index is 0.118. The molecule has 0 fully saturated rings. The summed E-state index contributed by atoms with van der Waals surface area (Å²) in [6.07, 6.45) is -1.10. The summed E-state index contributed by atoms with van der Waals surface area (Å²) < 4.78 is 13.0. The summed E-state index contributed by atoms with van der Waals surface area (Å²) in [6, 6.07) is 6.99. The fourth-order valence-electron chi connectivity index (χ4n) is 2.47. The maximum Gasteiger partial charge on any atom is 0.283 e. The van der Waals surface area contributed by atoms with Crippen LogP contribution in [-0.2, 0) is 0 Å². The van der Waals surface area contributed by atoms with Gasteiger partial charge in [-0.25, -0.2) is 4.39 Å². The van der Waals surface area contributed by atoms with E-state index in [0.29, 0.717) is 11.1 Å². The van der Waals surface area contributed by atoms with E-state index < -0.39 is 34.5 Å². The zero-order valence-electron chi connectivity index (χ0n) is 13.5. The summed E-state index contributed by atoms with van der Waals surface area (Å²) in [6.45, 7) is 3.08. The number of aryl methyl sites for hydroxylation is 1. The highest BCUT2D eigenvalue weighted by atomic mass is 35.5. The van der Waals surface area contributed by atoms with Crippen LogP contribution in [0, 0.1) is 22.9 Å². The van der Waals surface area contributed by atoms with Crippen LogP contribution < -0.4 is 5.32 Å². The van der Waals surface area contributed by atoms with Gasteiger partial charge in [0.1, 0.15) is 11.4 Å². The molecule has 2 aromatic rings. The van der Waals surface area contributed by atoms with Gasteiger partial charge in [0.25, 0.3) is 11.6 Å². The van der Waals surface area contributed by atoms with Gasteiger partial charge in [0.05, 0.1) is 17.1 Å². The maximum atomic E-state index is 13.0. The largest absolute Gasteiger partial charge is 0.386 e. The Morgan fingerprint density at radius 3 is 2.48 bits per heavy atom. The highest BCUT2D eigenvalue weighted by Crippen LogP contribution is 2.27. The Hall–Kier alpha value is -2.51. The van der Waals surface area contributed by atoms with Gasteiger partial charge in [0, 0.05) is 11.1 Å². The first-order chi connectivity index (χ1) is 11.7. The van der Waals surface area contributed by atoms with E-state index in [1.54, 1.807) is 6.92 Å². The first-order valence-corrected chi connectivity index (χ1v) is 7.77. The van der Waals surface area contributed by atoms with E-state index in [-0.39, 0.29) is 10.6 Å². The predicted octanol–water partition coefficient (Wildman–Crippen LogP) is 3.55. The van der Waals surface area contributed by atoms with Crippen molar-refractivity contribution in [2.75, 3.05) is 0 Å². The lowest BCUT2D eigenvalue weighted by molar-refractivity contribution is -0.385. The molecular weight excluding hydrogens is 351 g/mol. The van der Waals surface area contributed by atoms with Crippen molar-refractivity contribution in [3.8, 4) is 0 Å². The second-order valence-corrected chi connectivity index (χ2v) is 6.07. The number of nitrogens with one attached hydrogen (secondary N) is 1. The standard InChI is InChI=1S/C17H16ClFN2O4/c1-9-7-12(18)8-14(21(24)25)15(9)17(23)20-10(2)16(22)11-3-5-13(19)6-4-11/h3-8,10,16,22H,1-2H3,(H,20,23)/t10-,16-/m0/s1. The fourth-order valence-corrected chi connectivity index (χ4v) is 2.74. The highest BCUT2D eigenvalue weighted by Gasteiger charge is 2.26. The molecule has 2 rings (SSSR count). The van der Waals surface area contributed by atoms with Crippen molar-refractivity contribution in [1.82, 2.24) is 5.32 Å². The van der Waals surface area contributed by atoms with Crippen LogP contribution in [0.2, 0.25) is 5.02 Å². The molecule has 2 aromatic carbocycles. The van der Waals surface area contributed by atoms with Crippen LogP contribution in [0.25, 0.3) is 0 Å². The fraction of sp³-hybridized carbons (Fsp3) is 0.235. The Bertz CT molecular complexity index is 811. The molecule has 0 saturated heterocycles. The first kappa shape index (κ1) is 18.8. The summed E-state index contributed by atoms with van der Waals surface area (Å²) in [4.78, 5) is 23.0. The number of nitrogens with zero attached hydrogens (tertiary/aromatic N) is 1. The van der Waals surface area contributed by atoms with Crippen LogP contribution in [-0.4, -0.2) is 22.0 Å². The topological polar surface area (TPSA) is 92.5 Å². The van der Waals surface area contributed by atoms with Crippen LogP contribution in [0.4, 0.5) is 10.1 Å². The van der Waals surface area contributed by atoms with Gasteiger partial charge in [-0.05, 0) is 43.2 Å². The molecule has 0 heterocycles. The quantitative estimate of drug-likeness (QED) is 0.625. The molecule has 8 heteroatoms. The smallest absolute Gasteiger partial charge is 0.283 e. The molecule has 1 amide bonds. The average molecular weight is 367 g/mol. The number of carbonyl (C=O) groups is 1. The van der Waals surface area contributed by atoms with Crippen molar-refractivity contribution in [1.29, 1.82) is 0 Å². The lowest BCUT2D eigenvalue weighted by Gasteiger charge is -2.21. The SMILES string of the molecule is Cc1cc(Cl)cc([N+](=O)[O-])c1C(=O)N[C@@H](C)[C@H](O)c1ccc(F)cc1. The number of nitro benzene ring substituents is 1. The molecule has 0 radical (unpaired) electrons. The van der Waals surface area contributed by atoms with Crippen molar-refractivity contribution >= 4 is 23.2 Å². The van der Waals surface area contributed by atoms with E-state index in [9.17, 15) is 24.4 Å². The lowest BCUT2D eigenvalue weighted by atomic mass is 10.0. The maximum absolute atomic E-state index is 13.0. The summed E-state index contributed by atoms with van der Waals surface area (Å²) in [5.41, 5.74) is 0.232. The van der Waals surface area contributed by atoms with E-state index in [1.807, 2.05) is 0 Å². The van der Waals surface area contributed by atoms with E-state index >= 15 is 0 Å². The number of carbonyl (C=O) groups excluding carboxylic acids is 1. The second-order valence-electron chi connectivity index (χ2n) is 5.63. The molecule has 0 aliphatic heterocycles. The van der Waals surface area contributed by atoms with Crippen LogP contribution in [0.3, 0.4) is 0 Å². The van der Waals surface area contributed by atoms with Gasteiger partial charge in [-0.2, -0.15) is 0 Å². The molecular formula is C17H16ClFN2O4. The minimum atomic E-state index is -1.10. The number of aliphatic hydroxyl groups is 1. The Labute approximate surface area is 148 Å². The van der Waals surface area contributed by atoms with Crippen molar-refractivity contribution < 1.29 is 19.2 Å². The zero-order valence-corrected chi connectivity index (χ0v) is 14.2. The van der Waals surface area contributed by atoms with Gasteiger partial charge in [0.2, 0.25) is 0 Å². The average Bonchev–Trinajstić information content (AvgIpc) is 2.53. The van der Waals surface area contributed by atoms with E-state index in [2.05, 4.69) is 5.32 Å². The number of halogens is 2. The van der Waals surface area contributed by atoms with Crippen molar-refractivity contribution in [3.05, 3.63) is 74.0 Å². The molecule has 0 saturated carbocycles. The summed E-state index contributed by atoms with van der Waals surface area (Å²) >= 11 is 5.81. The Balaban J connectivity index is 2.24. The lowest BCUT2D eigenvalue weighted by Crippen LogP contribution is -2.37. The van der Waals surface area contributed by atoms with E-state index in [0.717, 1.165) is 6.07 Å². The third kappa shape index (κ3) is 4.32. The van der Waals surface area contributed by atoms with Crippen LogP contribution in [0.5, 0.6) is 0 Å². The molecule has 6 nitrogen and oxygen atoms in total. The summed E-state index contributed by atoms with van der Waals surface area (Å²) in [5, 5.41) is 24.1. The third-order valence-corrected chi connectivity index (χ3v) is 3.97. The van der Waals surface area contributed by atoms with Crippen LogP contribution >= 0.6 is 11.6 Å². The Morgan fingerprint density at radius 1 is 1.32 bits per heavy atom. The van der Waals surface area contributed by atoms with Gasteiger partial charge >= 0.3 is 0 Å². The second kappa shape index (κ2) is 7.58. The third-order valence-electron chi connectivity index (χ3n) is 3.75. The van der Waals surface area contributed by atoms with Gasteiger partial charge < -0.3 is 10.4 Å². The number of hydrogen-bond donors (Lipinski definition) is 2. The first-order valence-electron chi connectivity index (χ1n) is 7.39. The number of hydrogen-bond acceptors (Lipinski definition) is 4. The van der Waals surface area contributed by atoms with Crippen molar-refractivity contribution in [2.45, 2.75) is 26.0 Å². The highest BCUT2D eigenvalue weighted by molar-refractivity contribution is 6.31. The summed E-state index contributed by atoms with van der Waals surface area (Å²) in [5.74, 6) is -1.14. The molecule has 0 unspecified atom stereocenters. The number of rotatable bonds is 5.